The lowest BCUT2D eigenvalue weighted by molar-refractivity contribution is -0.147. The smallest absolute Gasteiger partial charge is 0.326 e. The maximum Gasteiger partial charge on any atom is 0.326 e. The van der Waals surface area contributed by atoms with Gasteiger partial charge in [-0.25, -0.2) is 4.79 Å². The van der Waals surface area contributed by atoms with Crippen molar-refractivity contribution in [2.24, 2.45) is 17.6 Å². The van der Waals surface area contributed by atoms with Crippen LogP contribution in [0.1, 0.15) is 144 Å². The van der Waals surface area contributed by atoms with Crippen LogP contribution in [-0.4, -0.2) is 189 Å². The monoisotopic (exact) mass is 1900 g/mol. The Hall–Kier alpha value is -18.1. The molecule has 0 aliphatic heterocycles. The van der Waals surface area contributed by atoms with Gasteiger partial charge in [0.15, 0.2) is 0 Å². The van der Waals surface area contributed by atoms with Crippen molar-refractivity contribution in [1.82, 2.24) is 63.8 Å². The van der Waals surface area contributed by atoms with Crippen LogP contribution in [0.15, 0.2) is 218 Å². The number of carboxylic acid groups (broad SMARTS) is 2. The van der Waals surface area contributed by atoms with E-state index in [0.717, 1.165) is 164 Å². The molecule has 138 heavy (non-hydrogen) atoms. The number of rotatable bonds is 40. The zero-order valence-corrected chi connectivity index (χ0v) is 73.3. The molecule has 0 aromatic heterocycles. The molecule has 0 unspecified atom stereocenters. The fraction of sp³-hybridized carbons (Fsp3) is 0.221. The molecule has 0 bridgehead atoms. The zero-order valence-electron chi connectivity index (χ0n) is 73.3. The standard InChI is InChI=1S/C95H97N13O30/c1-43(2)73(99-90(132)78(50-27-59(113)37-60(114)28-50)101-84(126)72(96)46-10-18-55(109)19-11-46)85(127)106-81(53-33-65(119)40-66(120)34-53)93(135)103-77(49-16-24-58(112)25-17-49)89(131)108-82(54-35-67(121)41-68(122)36-54)94(136)104-76(48-14-22-57(111)23-15-48)88(130)107-79(51-29-61(115)38-62(116)30-51)91(133)100-74(44(3)4)86(128)105-80(52-31-63(117)39-64(118)32-52)92(134)102-75(47-12-20-56(110)21-13-47)87(129)97-69(26-45-8-6-5-7-9-45)83(125)98-70(95(137)138)42-71(123)124/h5-25,27-41,43-44,69-70,72-82,109-122H,26,42,96H2,1-4H3,(H,97,129)(H,98,125)(H,99,132)(H,100,133)(H,101,126)(H,102,134)(H,103,135)(H,104,136)(H,105,128)(H,106,127)(H,107,130)(H,108,131)(H,123,124)(H,137,138)/t69-,70-,72-,73-,74-,75-,76-,77-,78-,79-,80-,81-,82-/m0/s1. The third-order valence-electron chi connectivity index (χ3n) is 21.3. The van der Waals surface area contributed by atoms with Gasteiger partial charge in [0.05, 0.1) is 6.42 Å². The van der Waals surface area contributed by atoms with Crippen molar-refractivity contribution >= 4 is 82.8 Å². The highest BCUT2D eigenvalue weighted by Crippen LogP contribution is 2.36. The van der Waals surface area contributed by atoms with Crippen molar-refractivity contribution in [3.8, 4) is 80.5 Å². The second kappa shape index (κ2) is 45.4. The summed E-state index contributed by atoms with van der Waals surface area (Å²) in [4.78, 5) is 204. The van der Waals surface area contributed by atoms with Gasteiger partial charge in [0.1, 0.15) is 159 Å². The number of amides is 12. The first-order valence-electron chi connectivity index (χ1n) is 41.9. The second-order valence-corrected chi connectivity index (χ2v) is 32.5. The summed E-state index contributed by atoms with van der Waals surface area (Å²) in [6, 6.07) is 13.0. The number of aromatic hydroxyl groups is 14. The molecule has 10 aromatic carbocycles. The number of carbonyl (C=O) groups is 14. The molecule has 10 aromatic rings. The molecule has 43 heteroatoms. The fourth-order valence-electron chi connectivity index (χ4n) is 14.5. The van der Waals surface area contributed by atoms with E-state index < -0.39 is 271 Å². The van der Waals surface area contributed by atoms with Crippen molar-refractivity contribution in [1.29, 1.82) is 0 Å². The summed E-state index contributed by atoms with van der Waals surface area (Å²) >= 11 is 0. The van der Waals surface area contributed by atoms with Crippen LogP contribution in [0.5, 0.6) is 80.5 Å². The van der Waals surface area contributed by atoms with E-state index in [4.69, 9.17) is 5.73 Å². The van der Waals surface area contributed by atoms with E-state index in [9.17, 15) is 115 Å². The number of nitrogens with two attached hydrogens (primary N) is 1. The van der Waals surface area contributed by atoms with E-state index in [0.29, 0.717) is 5.56 Å². The van der Waals surface area contributed by atoms with Gasteiger partial charge in [0.25, 0.3) is 0 Å². The molecule has 722 valence electrons. The Labute approximate surface area is 783 Å². The molecule has 0 spiro atoms. The van der Waals surface area contributed by atoms with Crippen LogP contribution < -0.4 is 69.5 Å². The average Bonchev–Trinajstić information content (AvgIpc) is 0.810. The lowest BCUT2D eigenvalue weighted by Crippen LogP contribution is -2.56. The third-order valence-corrected chi connectivity index (χ3v) is 21.3. The number of aliphatic carboxylic acids is 2. The molecule has 10 rings (SSSR count). The van der Waals surface area contributed by atoms with Gasteiger partial charge in [-0.05, 0) is 177 Å². The largest absolute Gasteiger partial charge is 0.508 e. The maximum absolute atomic E-state index is 15.7. The van der Waals surface area contributed by atoms with Crippen molar-refractivity contribution in [2.45, 2.75) is 119 Å². The van der Waals surface area contributed by atoms with Crippen LogP contribution in [0.3, 0.4) is 0 Å². The number of hydrogen-bond acceptors (Lipinski definition) is 29. The average molecular weight is 1900 g/mol. The van der Waals surface area contributed by atoms with Crippen LogP contribution in [-0.2, 0) is 73.5 Å². The van der Waals surface area contributed by atoms with Crippen molar-refractivity contribution in [3.05, 3.63) is 274 Å². The highest BCUT2D eigenvalue weighted by atomic mass is 16.4. The minimum atomic E-state index is -2.31. The summed E-state index contributed by atoms with van der Waals surface area (Å²) in [5, 5.41) is 199. The van der Waals surface area contributed by atoms with E-state index in [1.807, 2.05) is 0 Å². The molecule has 0 fully saturated rings. The van der Waals surface area contributed by atoms with Crippen LogP contribution in [0.4, 0.5) is 0 Å². The molecule has 0 saturated heterocycles. The summed E-state index contributed by atoms with van der Waals surface area (Å²) in [6.07, 6.45) is -1.49. The quantitative estimate of drug-likeness (QED) is 0.0261. The molecule has 0 aliphatic carbocycles. The van der Waals surface area contributed by atoms with Crippen LogP contribution in [0.2, 0.25) is 0 Å². The van der Waals surface area contributed by atoms with Crippen LogP contribution in [0.25, 0.3) is 0 Å². The van der Waals surface area contributed by atoms with Gasteiger partial charge >= 0.3 is 11.9 Å². The molecule has 43 nitrogen and oxygen atoms in total. The van der Waals surface area contributed by atoms with Gasteiger partial charge in [-0.15, -0.1) is 0 Å². The number of carboxylic acids is 2. The summed E-state index contributed by atoms with van der Waals surface area (Å²) in [5.41, 5.74) is 4.00. The topological polar surface area (TPSA) is 733 Å². The third kappa shape index (κ3) is 27.6. The van der Waals surface area contributed by atoms with Gasteiger partial charge in [-0.1, -0.05) is 107 Å². The molecular formula is C95H97N13O30. The molecule has 12 amide bonds. The molecule has 0 heterocycles. The molecular weight excluding hydrogens is 1800 g/mol. The predicted octanol–water partition coefficient (Wildman–Crippen LogP) is 3.48. The van der Waals surface area contributed by atoms with Crippen molar-refractivity contribution < 1.29 is 149 Å². The van der Waals surface area contributed by atoms with Crippen LogP contribution in [0, 0.1) is 11.8 Å². The first-order valence-corrected chi connectivity index (χ1v) is 41.9. The van der Waals surface area contributed by atoms with E-state index in [1.54, 1.807) is 18.2 Å². The summed E-state index contributed by atoms with van der Waals surface area (Å²) in [5.74, 6) is -29.7. The van der Waals surface area contributed by atoms with Gasteiger partial charge in [-0.2, -0.15) is 0 Å². The van der Waals surface area contributed by atoms with E-state index in [2.05, 4.69) is 63.8 Å². The Morgan fingerprint density at radius 1 is 0.232 bits per heavy atom. The predicted molar refractivity (Wildman–Crippen MR) is 483 cm³/mol. The molecule has 0 aliphatic rings. The van der Waals surface area contributed by atoms with E-state index >= 15 is 33.6 Å². The SMILES string of the molecule is CC(C)[C@H](NC(=O)[C@@H](NC(=O)[C@@H](N)c1ccc(O)cc1)c1cc(O)cc(O)c1)C(=O)N[C@H](C(=O)N[C@H](C(=O)N[C@H](C(=O)N[C@H](C(=O)N[C@H](C(=O)N[C@H](C(=O)N[C@H](C(=O)N[C@H](C(=O)N[C@@H](Cc1ccccc1)C(=O)N[C@@H](CC(=O)O)C(=O)O)c1ccc(O)cc1)c1cc(O)cc(O)c1)C(C)C)c1cc(O)cc(O)c1)c1ccc(O)cc1)c1cc(O)cc(O)c1)c1ccc(O)cc1)c1cc(O)cc(O)c1. The zero-order chi connectivity index (χ0) is 101. The number of phenols is 14. The highest BCUT2D eigenvalue weighted by molar-refractivity contribution is 6.02. The fourth-order valence-corrected chi connectivity index (χ4v) is 14.5. The van der Waals surface area contributed by atoms with Crippen LogP contribution >= 0.6 is 0 Å². The summed E-state index contributed by atoms with van der Waals surface area (Å²) in [6.45, 7) is 5.59. The number of phenolic OH excluding ortho intramolecular Hbond substituents is 14. The number of hydrogen-bond donors (Lipinski definition) is 29. The normalized spacial score (nSPS) is 13.9. The summed E-state index contributed by atoms with van der Waals surface area (Å²) < 4.78 is 0. The van der Waals surface area contributed by atoms with Gasteiger partial charge < -0.3 is 151 Å². The highest BCUT2D eigenvalue weighted by Gasteiger charge is 2.42. The Morgan fingerprint density at radius 3 is 0.696 bits per heavy atom. The van der Waals surface area contributed by atoms with Gasteiger partial charge in [0, 0.05) is 36.8 Å². The number of nitrogens with one attached hydrogen (secondary N) is 12. The van der Waals surface area contributed by atoms with Gasteiger partial charge in [-0.3, -0.25) is 62.3 Å². The maximum atomic E-state index is 15.7. The Morgan fingerprint density at radius 2 is 0.449 bits per heavy atom. The number of benzene rings is 10. The summed E-state index contributed by atoms with van der Waals surface area (Å²) in [7, 11) is 0. The second-order valence-electron chi connectivity index (χ2n) is 32.5. The molecule has 0 saturated carbocycles. The minimum Gasteiger partial charge on any atom is -0.508 e. The van der Waals surface area contributed by atoms with Crippen molar-refractivity contribution in [3.63, 3.8) is 0 Å². The first kappa shape index (κ1) is 102. The van der Waals surface area contributed by atoms with Crippen molar-refractivity contribution in [2.75, 3.05) is 0 Å². The molecule has 13 atom stereocenters. The van der Waals surface area contributed by atoms with E-state index in [-0.39, 0.29) is 45.7 Å². The Kier molecular flexibility index (Phi) is 33.6. The minimum absolute atomic E-state index is 0.144. The lowest BCUT2D eigenvalue weighted by atomic mass is 9.97. The molecule has 0 radical (unpaired) electrons. The van der Waals surface area contributed by atoms with Gasteiger partial charge in [0.2, 0.25) is 70.9 Å². The lowest BCUT2D eigenvalue weighted by Gasteiger charge is -2.30. The van der Waals surface area contributed by atoms with E-state index in [1.165, 1.54) is 64.1 Å². The Balaban J connectivity index is 0.957. The number of carbonyl (C=O) groups excluding carboxylic acids is 12. The molecule has 30 N–H and O–H groups in total. The first-order chi connectivity index (χ1) is 65.2. The Bertz CT molecular complexity index is 6110.